The van der Waals surface area contributed by atoms with Crippen molar-refractivity contribution in [3.05, 3.63) is 42.0 Å². The van der Waals surface area contributed by atoms with Crippen LogP contribution in [0.5, 0.6) is 0 Å². The zero-order chi connectivity index (χ0) is 11.8. The standard InChI is InChI=1S/C13H18O3/c1-3-11-6-4-5-7-12(11)9-16-10-13(8-14)15-2/h3-7,13-14H,1,8-10H2,2H3. The molecule has 0 aliphatic carbocycles. The van der Waals surface area contributed by atoms with Crippen LogP contribution in [0.25, 0.3) is 6.08 Å². The molecule has 1 N–H and O–H groups in total. The van der Waals surface area contributed by atoms with Crippen LogP contribution in [0.4, 0.5) is 0 Å². The summed E-state index contributed by atoms with van der Waals surface area (Å²) in [6.07, 6.45) is 1.55. The first-order valence-electron chi connectivity index (χ1n) is 5.23. The Labute approximate surface area is 96.3 Å². The maximum Gasteiger partial charge on any atom is 0.103 e. The summed E-state index contributed by atoms with van der Waals surface area (Å²) in [5, 5.41) is 8.90. The molecule has 1 aromatic rings. The number of hydrogen-bond acceptors (Lipinski definition) is 3. The summed E-state index contributed by atoms with van der Waals surface area (Å²) >= 11 is 0. The lowest BCUT2D eigenvalue weighted by Gasteiger charge is -2.13. The fraction of sp³-hybridized carbons (Fsp3) is 0.385. The molecule has 0 fully saturated rings. The molecule has 0 spiro atoms. The van der Waals surface area contributed by atoms with Gasteiger partial charge in [-0.05, 0) is 11.1 Å². The number of rotatable bonds is 7. The van der Waals surface area contributed by atoms with Crippen LogP contribution in [-0.2, 0) is 16.1 Å². The lowest BCUT2D eigenvalue weighted by atomic mass is 10.1. The normalized spacial score (nSPS) is 12.4. The smallest absolute Gasteiger partial charge is 0.103 e. The van der Waals surface area contributed by atoms with Crippen molar-refractivity contribution in [2.75, 3.05) is 20.3 Å². The van der Waals surface area contributed by atoms with E-state index < -0.39 is 0 Å². The Morgan fingerprint density at radius 1 is 1.44 bits per heavy atom. The Morgan fingerprint density at radius 3 is 2.81 bits per heavy atom. The Bertz CT molecular complexity index is 319. The highest BCUT2D eigenvalue weighted by molar-refractivity contribution is 5.51. The van der Waals surface area contributed by atoms with Gasteiger partial charge in [0.25, 0.3) is 0 Å². The molecule has 1 unspecified atom stereocenters. The van der Waals surface area contributed by atoms with Gasteiger partial charge >= 0.3 is 0 Å². The van der Waals surface area contributed by atoms with E-state index in [4.69, 9.17) is 14.6 Å². The predicted molar refractivity (Wildman–Crippen MR) is 64.1 cm³/mol. The van der Waals surface area contributed by atoms with Gasteiger partial charge in [-0.1, -0.05) is 36.9 Å². The second-order valence-corrected chi connectivity index (χ2v) is 3.46. The molecule has 0 aliphatic rings. The van der Waals surface area contributed by atoms with Gasteiger partial charge in [-0.3, -0.25) is 0 Å². The van der Waals surface area contributed by atoms with Crippen molar-refractivity contribution in [2.24, 2.45) is 0 Å². The first-order valence-corrected chi connectivity index (χ1v) is 5.23. The molecule has 1 rings (SSSR count). The molecule has 3 nitrogen and oxygen atoms in total. The number of benzene rings is 1. The van der Waals surface area contributed by atoms with Crippen molar-refractivity contribution in [3.8, 4) is 0 Å². The molecule has 1 atom stereocenters. The van der Waals surface area contributed by atoms with E-state index in [0.717, 1.165) is 11.1 Å². The number of methoxy groups -OCH3 is 1. The predicted octanol–water partition coefficient (Wildman–Crippen LogP) is 1.85. The van der Waals surface area contributed by atoms with Gasteiger partial charge in [0.2, 0.25) is 0 Å². The number of aliphatic hydroxyl groups excluding tert-OH is 1. The van der Waals surface area contributed by atoms with Crippen molar-refractivity contribution >= 4 is 6.08 Å². The van der Waals surface area contributed by atoms with Gasteiger partial charge in [-0.25, -0.2) is 0 Å². The third-order valence-corrected chi connectivity index (χ3v) is 2.37. The number of aliphatic hydroxyl groups is 1. The molecular formula is C13H18O3. The Hall–Kier alpha value is -1.16. The zero-order valence-corrected chi connectivity index (χ0v) is 9.56. The van der Waals surface area contributed by atoms with Crippen LogP contribution in [0.1, 0.15) is 11.1 Å². The van der Waals surface area contributed by atoms with Crippen LogP contribution in [0.2, 0.25) is 0 Å². The minimum absolute atomic E-state index is 0.0282. The van der Waals surface area contributed by atoms with Crippen LogP contribution in [0, 0.1) is 0 Å². The van der Waals surface area contributed by atoms with E-state index in [9.17, 15) is 0 Å². The lowest BCUT2D eigenvalue weighted by Crippen LogP contribution is -2.22. The average molecular weight is 222 g/mol. The minimum Gasteiger partial charge on any atom is -0.394 e. The van der Waals surface area contributed by atoms with Gasteiger partial charge in [0, 0.05) is 7.11 Å². The van der Waals surface area contributed by atoms with Gasteiger partial charge in [-0.2, -0.15) is 0 Å². The van der Waals surface area contributed by atoms with Gasteiger partial charge in [0.1, 0.15) is 6.10 Å². The molecule has 16 heavy (non-hydrogen) atoms. The van der Waals surface area contributed by atoms with Crippen LogP contribution < -0.4 is 0 Å². The molecule has 0 saturated heterocycles. The summed E-state index contributed by atoms with van der Waals surface area (Å²) < 4.78 is 10.5. The van der Waals surface area contributed by atoms with Crippen LogP contribution in [-0.4, -0.2) is 31.5 Å². The van der Waals surface area contributed by atoms with E-state index >= 15 is 0 Å². The first kappa shape index (κ1) is 12.9. The van der Waals surface area contributed by atoms with E-state index in [1.54, 1.807) is 13.2 Å². The quantitative estimate of drug-likeness (QED) is 0.765. The molecule has 0 amide bonds. The molecule has 1 aromatic carbocycles. The third-order valence-electron chi connectivity index (χ3n) is 2.37. The molecular weight excluding hydrogens is 204 g/mol. The van der Waals surface area contributed by atoms with Crippen molar-refractivity contribution in [1.82, 2.24) is 0 Å². The molecule has 0 radical (unpaired) electrons. The van der Waals surface area contributed by atoms with Crippen LogP contribution >= 0.6 is 0 Å². The highest BCUT2D eigenvalue weighted by Crippen LogP contribution is 2.11. The first-order chi connectivity index (χ1) is 7.81. The topological polar surface area (TPSA) is 38.7 Å². The SMILES string of the molecule is C=Cc1ccccc1COCC(CO)OC. The summed E-state index contributed by atoms with van der Waals surface area (Å²) in [5.41, 5.74) is 2.16. The monoisotopic (exact) mass is 222 g/mol. The molecule has 0 aromatic heterocycles. The van der Waals surface area contributed by atoms with E-state index in [1.807, 2.05) is 24.3 Å². The maximum atomic E-state index is 8.90. The van der Waals surface area contributed by atoms with E-state index in [2.05, 4.69) is 6.58 Å². The minimum atomic E-state index is -0.254. The van der Waals surface area contributed by atoms with Crippen molar-refractivity contribution in [1.29, 1.82) is 0 Å². The molecule has 3 heteroatoms. The Balaban J connectivity index is 2.45. The average Bonchev–Trinajstić information content (AvgIpc) is 2.35. The zero-order valence-electron chi connectivity index (χ0n) is 9.56. The van der Waals surface area contributed by atoms with Crippen molar-refractivity contribution in [2.45, 2.75) is 12.7 Å². The molecule has 0 aliphatic heterocycles. The van der Waals surface area contributed by atoms with Crippen LogP contribution in [0.3, 0.4) is 0 Å². The summed E-state index contributed by atoms with van der Waals surface area (Å²) in [5.74, 6) is 0. The highest BCUT2D eigenvalue weighted by Gasteiger charge is 2.05. The third kappa shape index (κ3) is 3.77. The summed E-state index contributed by atoms with van der Waals surface area (Å²) in [6, 6.07) is 7.92. The van der Waals surface area contributed by atoms with Gasteiger partial charge < -0.3 is 14.6 Å². The number of hydrogen-bond donors (Lipinski definition) is 1. The summed E-state index contributed by atoms with van der Waals surface area (Å²) in [7, 11) is 1.56. The van der Waals surface area contributed by atoms with Crippen LogP contribution in [0.15, 0.2) is 30.8 Å². The maximum absolute atomic E-state index is 8.90. The molecule has 88 valence electrons. The second kappa shape index (κ2) is 7.17. The van der Waals surface area contributed by atoms with E-state index in [-0.39, 0.29) is 12.7 Å². The van der Waals surface area contributed by atoms with Crippen molar-refractivity contribution < 1.29 is 14.6 Å². The Kier molecular flexibility index (Phi) is 5.78. The van der Waals surface area contributed by atoms with Crippen molar-refractivity contribution in [3.63, 3.8) is 0 Å². The van der Waals surface area contributed by atoms with Gasteiger partial charge in [0.05, 0.1) is 19.8 Å². The summed E-state index contributed by atoms with van der Waals surface area (Å²) in [4.78, 5) is 0. The fourth-order valence-electron chi connectivity index (χ4n) is 1.36. The fourth-order valence-corrected chi connectivity index (χ4v) is 1.36. The molecule has 0 bridgehead atoms. The molecule has 0 heterocycles. The van der Waals surface area contributed by atoms with Gasteiger partial charge in [0.15, 0.2) is 0 Å². The highest BCUT2D eigenvalue weighted by atomic mass is 16.5. The Morgan fingerprint density at radius 2 is 2.19 bits per heavy atom. The van der Waals surface area contributed by atoms with Gasteiger partial charge in [-0.15, -0.1) is 0 Å². The summed E-state index contributed by atoms with van der Waals surface area (Å²) in [6.45, 7) is 4.61. The second-order valence-electron chi connectivity index (χ2n) is 3.46. The number of ether oxygens (including phenoxy) is 2. The molecule has 0 saturated carbocycles. The van der Waals surface area contributed by atoms with E-state index in [0.29, 0.717) is 13.2 Å². The van der Waals surface area contributed by atoms with E-state index in [1.165, 1.54) is 0 Å². The largest absolute Gasteiger partial charge is 0.394 e. The lowest BCUT2D eigenvalue weighted by molar-refractivity contribution is -0.0248.